The number of carbonyl (C=O) groups is 2. The second kappa shape index (κ2) is 10.8. The van der Waals surface area contributed by atoms with Gasteiger partial charge in [-0.2, -0.15) is 0 Å². The molecule has 0 saturated heterocycles. The van der Waals surface area contributed by atoms with Gasteiger partial charge in [-0.05, 0) is 102 Å². The zero-order valence-electron chi connectivity index (χ0n) is 22.2. The number of hydrogen-bond donors (Lipinski definition) is 1. The Morgan fingerprint density at radius 3 is 2.84 bits per heavy atom. The molecule has 2 N–H and O–H groups in total. The van der Waals surface area contributed by atoms with Crippen molar-refractivity contribution >= 4 is 23.8 Å². The summed E-state index contributed by atoms with van der Waals surface area (Å²) in [5.41, 5.74) is 11.7. The summed E-state index contributed by atoms with van der Waals surface area (Å²) in [5.74, 6) is 1.29. The topological polar surface area (TPSA) is 69.4 Å². The van der Waals surface area contributed by atoms with Crippen molar-refractivity contribution in [2.24, 2.45) is 23.0 Å². The Balaban J connectivity index is 1.32. The van der Waals surface area contributed by atoms with E-state index in [9.17, 15) is 9.59 Å². The van der Waals surface area contributed by atoms with E-state index in [0.717, 1.165) is 62.7 Å². The Bertz CT molecular complexity index is 1240. The van der Waals surface area contributed by atoms with E-state index in [1.807, 2.05) is 18.2 Å². The largest absolute Gasteiger partial charge is 0.377 e. The van der Waals surface area contributed by atoms with Crippen molar-refractivity contribution in [3.05, 3.63) is 81.9 Å². The van der Waals surface area contributed by atoms with Crippen molar-refractivity contribution in [1.29, 1.82) is 0 Å². The molecule has 0 spiro atoms. The van der Waals surface area contributed by atoms with E-state index in [-0.39, 0.29) is 5.41 Å². The predicted molar refractivity (Wildman–Crippen MR) is 149 cm³/mol. The summed E-state index contributed by atoms with van der Waals surface area (Å²) >= 11 is 0. The van der Waals surface area contributed by atoms with E-state index < -0.39 is 5.91 Å². The molecule has 194 valence electrons. The number of aryl methyl sites for hydroxylation is 1. The SMILES string of the molecule is CCCCOC/C=C/c1ccc2c(c1)CC[C@@H]1[C@@H]2CC[C@]2(C)C(=O)/C(=C/c3cccc(C(N)=O)c3)C[C@@H]12. The van der Waals surface area contributed by atoms with Gasteiger partial charge < -0.3 is 10.5 Å². The minimum atomic E-state index is -0.443. The van der Waals surface area contributed by atoms with Gasteiger partial charge in [0.25, 0.3) is 0 Å². The third-order valence-electron chi connectivity index (χ3n) is 9.07. The number of allylic oxidation sites excluding steroid dienone is 1. The fraction of sp³-hybridized carbons (Fsp3) is 0.455. The second-order valence-electron chi connectivity index (χ2n) is 11.4. The number of Topliss-reactive ketones (excluding diaryl/α,β-unsaturated/α-hetero) is 1. The molecule has 37 heavy (non-hydrogen) atoms. The van der Waals surface area contributed by atoms with Crippen LogP contribution in [0, 0.1) is 17.3 Å². The zero-order chi connectivity index (χ0) is 26.0. The van der Waals surface area contributed by atoms with Gasteiger partial charge in [-0.25, -0.2) is 0 Å². The molecule has 0 aliphatic heterocycles. The van der Waals surface area contributed by atoms with Crippen LogP contribution in [0.2, 0.25) is 0 Å². The summed E-state index contributed by atoms with van der Waals surface area (Å²) in [6, 6.07) is 14.2. The van der Waals surface area contributed by atoms with Crippen molar-refractivity contribution in [2.45, 2.75) is 64.7 Å². The molecule has 0 unspecified atom stereocenters. The Kier molecular flexibility index (Phi) is 7.48. The van der Waals surface area contributed by atoms with Crippen molar-refractivity contribution in [1.82, 2.24) is 0 Å². The van der Waals surface area contributed by atoms with E-state index >= 15 is 0 Å². The van der Waals surface area contributed by atoms with Crippen LogP contribution in [-0.4, -0.2) is 24.9 Å². The highest BCUT2D eigenvalue weighted by molar-refractivity contribution is 6.06. The smallest absolute Gasteiger partial charge is 0.248 e. The first-order chi connectivity index (χ1) is 17.9. The van der Waals surface area contributed by atoms with Gasteiger partial charge >= 0.3 is 0 Å². The fourth-order valence-electron chi connectivity index (χ4n) is 7.07. The van der Waals surface area contributed by atoms with Gasteiger partial charge in [0, 0.05) is 17.6 Å². The molecule has 3 aliphatic carbocycles. The Labute approximate surface area is 221 Å². The van der Waals surface area contributed by atoms with E-state index in [0.29, 0.717) is 35.7 Å². The van der Waals surface area contributed by atoms with Gasteiger partial charge in [0.05, 0.1) is 6.61 Å². The van der Waals surface area contributed by atoms with E-state index in [4.69, 9.17) is 10.5 Å². The molecule has 0 heterocycles. The lowest BCUT2D eigenvalue weighted by Gasteiger charge is -2.48. The van der Waals surface area contributed by atoms with Crippen molar-refractivity contribution in [3.63, 3.8) is 0 Å². The second-order valence-corrected chi connectivity index (χ2v) is 11.4. The molecule has 0 bridgehead atoms. The standard InChI is InChI=1S/C33H39NO3/c1-3-4-16-37-17-6-8-22-10-12-27-24(18-22)11-13-29-28(27)14-15-33(2)30(29)21-26(31(33)35)20-23-7-5-9-25(19-23)32(34)36/h5-10,12,18-20,28-30H,3-4,11,13-17,21H2,1-2H3,(H2,34,36)/b8-6+,26-20+/t28-,29-,30+,33+/m1/s1. The summed E-state index contributed by atoms with van der Waals surface area (Å²) in [6.45, 7) is 5.87. The van der Waals surface area contributed by atoms with Crippen molar-refractivity contribution < 1.29 is 14.3 Å². The molecule has 0 aromatic heterocycles. The highest BCUT2D eigenvalue weighted by atomic mass is 16.5. The quantitative estimate of drug-likeness (QED) is 0.325. The maximum Gasteiger partial charge on any atom is 0.248 e. The lowest BCUT2D eigenvalue weighted by atomic mass is 9.55. The molecule has 2 fully saturated rings. The lowest BCUT2D eigenvalue weighted by Crippen LogP contribution is -2.42. The molecular formula is C33H39NO3. The van der Waals surface area contributed by atoms with Gasteiger partial charge in [-0.15, -0.1) is 0 Å². The molecule has 1 amide bonds. The molecule has 0 radical (unpaired) electrons. The number of hydrogen-bond acceptors (Lipinski definition) is 3. The fourth-order valence-corrected chi connectivity index (χ4v) is 7.07. The maximum atomic E-state index is 13.7. The molecule has 4 nitrogen and oxygen atoms in total. The minimum Gasteiger partial charge on any atom is -0.377 e. The van der Waals surface area contributed by atoms with E-state index in [1.165, 1.54) is 16.7 Å². The van der Waals surface area contributed by atoms with Crippen LogP contribution < -0.4 is 5.73 Å². The van der Waals surface area contributed by atoms with Crippen LogP contribution in [0.4, 0.5) is 0 Å². The first-order valence-electron chi connectivity index (χ1n) is 13.9. The normalized spacial score (nSPS) is 27.8. The molecule has 2 aromatic rings. The minimum absolute atomic E-state index is 0.285. The van der Waals surface area contributed by atoms with Crippen LogP contribution in [0.25, 0.3) is 12.2 Å². The lowest BCUT2D eigenvalue weighted by molar-refractivity contribution is -0.127. The summed E-state index contributed by atoms with van der Waals surface area (Å²) in [7, 11) is 0. The molecule has 4 heteroatoms. The molecule has 5 rings (SSSR count). The average Bonchev–Trinajstić information content (AvgIpc) is 3.15. The van der Waals surface area contributed by atoms with Crippen LogP contribution in [0.1, 0.15) is 90.9 Å². The number of primary amides is 1. The van der Waals surface area contributed by atoms with Gasteiger partial charge in [0.15, 0.2) is 5.78 Å². The number of ketones is 1. The first kappa shape index (κ1) is 25.7. The van der Waals surface area contributed by atoms with Crippen LogP contribution >= 0.6 is 0 Å². The van der Waals surface area contributed by atoms with E-state index in [1.54, 1.807) is 12.1 Å². The molecule has 2 saturated carbocycles. The number of amides is 1. The maximum absolute atomic E-state index is 13.7. The number of fused-ring (bicyclic) bond motifs is 5. The molecular weight excluding hydrogens is 458 g/mol. The van der Waals surface area contributed by atoms with Gasteiger partial charge in [0.1, 0.15) is 0 Å². The number of rotatable bonds is 8. The van der Waals surface area contributed by atoms with Crippen molar-refractivity contribution in [2.75, 3.05) is 13.2 Å². The summed E-state index contributed by atoms with van der Waals surface area (Å²) in [6.07, 6.45) is 13.6. The molecule has 4 atom stereocenters. The monoisotopic (exact) mass is 497 g/mol. The van der Waals surface area contributed by atoms with Crippen LogP contribution in [-0.2, 0) is 16.0 Å². The highest BCUT2D eigenvalue weighted by Gasteiger charge is 2.56. The van der Waals surface area contributed by atoms with Gasteiger partial charge in [-0.1, -0.05) is 62.8 Å². The van der Waals surface area contributed by atoms with Gasteiger partial charge in [-0.3, -0.25) is 9.59 Å². The Hall–Kier alpha value is -2.98. The zero-order valence-corrected chi connectivity index (χ0v) is 22.2. The van der Waals surface area contributed by atoms with Crippen LogP contribution in [0.3, 0.4) is 0 Å². The number of carbonyl (C=O) groups excluding carboxylic acids is 2. The number of ether oxygens (including phenoxy) is 1. The van der Waals surface area contributed by atoms with Gasteiger partial charge in [0.2, 0.25) is 5.91 Å². The molecule has 3 aliphatic rings. The summed E-state index contributed by atoms with van der Waals surface area (Å²) in [4.78, 5) is 25.3. The number of unbranched alkanes of at least 4 members (excludes halogenated alkanes) is 1. The molecule has 2 aromatic carbocycles. The average molecular weight is 498 g/mol. The van der Waals surface area contributed by atoms with Crippen LogP contribution in [0.5, 0.6) is 0 Å². The summed E-state index contributed by atoms with van der Waals surface area (Å²) < 4.78 is 5.66. The van der Waals surface area contributed by atoms with Crippen molar-refractivity contribution in [3.8, 4) is 0 Å². The third kappa shape index (κ3) is 5.09. The third-order valence-corrected chi connectivity index (χ3v) is 9.07. The Morgan fingerprint density at radius 1 is 1.16 bits per heavy atom. The predicted octanol–water partition coefficient (Wildman–Crippen LogP) is 6.73. The van der Waals surface area contributed by atoms with Crippen LogP contribution in [0.15, 0.2) is 54.1 Å². The highest BCUT2D eigenvalue weighted by Crippen LogP contribution is 2.60. The first-order valence-corrected chi connectivity index (χ1v) is 13.9. The summed E-state index contributed by atoms with van der Waals surface area (Å²) in [5, 5.41) is 0. The number of nitrogens with two attached hydrogens (primary N) is 1. The van der Waals surface area contributed by atoms with E-state index in [2.05, 4.69) is 44.2 Å². The Morgan fingerprint density at radius 2 is 2.03 bits per heavy atom. The number of benzene rings is 2.